The van der Waals surface area contributed by atoms with Crippen molar-refractivity contribution in [3.05, 3.63) is 0 Å². The van der Waals surface area contributed by atoms with E-state index in [9.17, 15) is 43.2 Å². The van der Waals surface area contributed by atoms with Gasteiger partial charge in [0.05, 0.1) is 13.0 Å². The van der Waals surface area contributed by atoms with Crippen LogP contribution in [0.1, 0.15) is 186 Å². The van der Waals surface area contributed by atoms with Crippen LogP contribution in [-0.4, -0.2) is 133 Å². The average molecular weight is 1110 g/mol. The van der Waals surface area contributed by atoms with Gasteiger partial charge < -0.3 is 55.4 Å². The molecule has 1 atom stereocenters. The number of amides is 8. The van der Waals surface area contributed by atoms with E-state index in [2.05, 4.69) is 31.9 Å². The fraction of sp³-hybridized carbons (Fsp3) is 0.839. The number of hydroxylamine groups is 2. The average Bonchev–Trinajstić information content (AvgIpc) is 3.69. The van der Waals surface area contributed by atoms with E-state index in [0.29, 0.717) is 62.7 Å². The SMILES string of the molecule is CC(C)(C)OC(=O)NCC1CCC(C(=O)O)CC1.CC(C)(C)OC(=O)NCC1CCC(C2NC(=O)NC2=O)CC1.CC(C)(C)OC(=O)NCC1CCC(C=O)CC1.CON(C)C(=O)C1CCC(CNC(=O)OC(C)(C)C)CC1. The lowest BCUT2D eigenvalue weighted by molar-refractivity contribution is -0.174. The number of nitrogens with one attached hydrogen (secondary N) is 6. The van der Waals surface area contributed by atoms with Gasteiger partial charge in [0, 0.05) is 45.1 Å². The summed E-state index contributed by atoms with van der Waals surface area (Å²) in [7, 11) is 3.13. The highest BCUT2D eigenvalue weighted by molar-refractivity contribution is 6.04. The Morgan fingerprint density at radius 2 is 0.833 bits per heavy atom. The normalized spacial score (nSPS) is 25.3. The van der Waals surface area contributed by atoms with Gasteiger partial charge in [-0.2, -0.15) is 0 Å². The second kappa shape index (κ2) is 32.6. The molecule has 22 nitrogen and oxygen atoms in total. The number of hydrogen-bond donors (Lipinski definition) is 7. The van der Waals surface area contributed by atoms with Gasteiger partial charge in [0.1, 0.15) is 34.7 Å². The van der Waals surface area contributed by atoms with Crippen molar-refractivity contribution in [2.45, 2.75) is 214 Å². The van der Waals surface area contributed by atoms with Crippen LogP contribution in [0.4, 0.5) is 24.0 Å². The molecule has 1 aliphatic heterocycles. The molecule has 22 heteroatoms. The van der Waals surface area contributed by atoms with Gasteiger partial charge in [-0.25, -0.2) is 29.0 Å². The maximum Gasteiger partial charge on any atom is 0.407 e. The number of hydrogen-bond acceptors (Lipinski definition) is 14. The Bertz CT molecular complexity index is 1910. The number of carboxylic acid groups (broad SMARTS) is 1. The minimum absolute atomic E-state index is 0.0349. The Morgan fingerprint density at radius 1 is 0.526 bits per heavy atom. The van der Waals surface area contributed by atoms with Gasteiger partial charge in [-0.3, -0.25) is 24.5 Å². The summed E-state index contributed by atoms with van der Waals surface area (Å²) in [5.74, 6) is 1.02. The molecule has 0 bridgehead atoms. The zero-order valence-electron chi connectivity index (χ0n) is 49.5. The summed E-state index contributed by atoms with van der Waals surface area (Å²) in [5, 5.41) is 26.3. The first-order valence-electron chi connectivity index (χ1n) is 28.1. The Hall–Kier alpha value is -5.41. The summed E-state index contributed by atoms with van der Waals surface area (Å²) in [5.41, 5.74) is -1.89. The van der Waals surface area contributed by atoms with E-state index < -0.39 is 52.6 Å². The van der Waals surface area contributed by atoms with Gasteiger partial charge in [-0.1, -0.05) is 0 Å². The molecule has 5 rings (SSSR count). The molecular formula is C56H99N7O15. The summed E-state index contributed by atoms with van der Waals surface area (Å²) < 4.78 is 20.7. The van der Waals surface area contributed by atoms with Gasteiger partial charge in [-0.15, -0.1) is 0 Å². The van der Waals surface area contributed by atoms with E-state index in [-0.39, 0.29) is 47.7 Å². The molecule has 0 aromatic rings. The van der Waals surface area contributed by atoms with Crippen molar-refractivity contribution in [3.8, 4) is 0 Å². The third kappa shape index (κ3) is 30.1. The fourth-order valence-electron chi connectivity index (χ4n) is 9.76. The zero-order chi connectivity index (χ0) is 59.0. The zero-order valence-corrected chi connectivity index (χ0v) is 49.5. The number of ether oxygens (including phenoxy) is 4. The number of nitrogens with zero attached hydrogens (tertiary/aromatic N) is 1. The number of imide groups is 1. The highest BCUT2D eigenvalue weighted by Gasteiger charge is 2.38. The van der Waals surface area contributed by atoms with Crippen LogP contribution in [0.5, 0.6) is 0 Å². The first-order valence-corrected chi connectivity index (χ1v) is 28.1. The van der Waals surface area contributed by atoms with Crippen LogP contribution < -0.4 is 31.9 Å². The lowest BCUT2D eigenvalue weighted by atomic mass is 9.78. The van der Waals surface area contributed by atoms with Crippen molar-refractivity contribution < 1.29 is 72.0 Å². The van der Waals surface area contributed by atoms with E-state index in [0.717, 1.165) is 96.2 Å². The van der Waals surface area contributed by atoms with Crippen molar-refractivity contribution >= 4 is 54.5 Å². The third-order valence-corrected chi connectivity index (χ3v) is 14.0. The van der Waals surface area contributed by atoms with E-state index >= 15 is 0 Å². The largest absolute Gasteiger partial charge is 0.481 e. The summed E-state index contributed by atoms with van der Waals surface area (Å²) in [6.07, 6.45) is 13.7. The molecule has 0 aromatic heterocycles. The summed E-state index contributed by atoms with van der Waals surface area (Å²) in [6.45, 7) is 24.5. The molecule has 5 aliphatic rings. The number of carbonyl (C=O) groups excluding carboxylic acids is 8. The summed E-state index contributed by atoms with van der Waals surface area (Å²) in [4.78, 5) is 107. The Balaban J connectivity index is 0.000000358. The molecule has 1 unspecified atom stereocenters. The maximum absolute atomic E-state index is 12.0. The first-order chi connectivity index (χ1) is 36.1. The highest BCUT2D eigenvalue weighted by atomic mass is 16.7. The lowest BCUT2D eigenvalue weighted by Gasteiger charge is -2.31. The quantitative estimate of drug-likeness (QED) is 0.0392. The van der Waals surface area contributed by atoms with Crippen LogP contribution >= 0.6 is 0 Å². The smallest absolute Gasteiger partial charge is 0.407 e. The molecule has 0 spiro atoms. The van der Waals surface area contributed by atoms with Crippen molar-refractivity contribution in [1.29, 1.82) is 0 Å². The number of carbonyl (C=O) groups is 9. The standard InChI is InChI=1S/C15H25N3O4.C15H28N2O4.C13H23NO4.C13H23NO3/c1-15(2,3)22-14(21)16-8-9-4-6-10(7-5-9)11-12(19)18-13(20)17-11;1-15(2,3)21-14(19)16-10-11-6-8-12(9-7-11)13(18)17(4)20-5;1-13(2,3)18-12(17)14-8-9-4-6-10(7-5-9)11(15)16;1-13(2,3)17-12(16)14-8-10-4-6-11(9-15)7-5-10/h9-11H,4-8H2,1-3H3,(H,16,21)(H2,17,18,19,20);11-12H,6-10H2,1-5H3,(H,16,19);9-10H,4-8H2,1-3H3,(H,14,17)(H,15,16);9-11H,4-8H2,1-3H3,(H,14,16). The van der Waals surface area contributed by atoms with Crippen LogP contribution in [0, 0.1) is 47.3 Å². The maximum atomic E-state index is 12.0. The second-order valence-corrected chi connectivity index (χ2v) is 25.5. The molecule has 448 valence electrons. The monoisotopic (exact) mass is 1110 g/mol. The first kappa shape index (κ1) is 68.7. The Kier molecular flexibility index (Phi) is 28.7. The number of rotatable bonds is 13. The van der Waals surface area contributed by atoms with Crippen molar-refractivity contribution in [1.82, 2.24) is 37.0 Å². The van der Waals surface area contributed by atoms with Crippen LogP contribution in [0.15, 0.2) is 0 Å². The molecular weight excluding hydrogens is 1010 g/mol. The van der Waals surface area contributed by atoms with E-state index in [1.807, 2.05) is 83.1 Å². The number of carboxylic acids is 1. The minimum Gasteiger partial charge on any atom is -0.481 e. The van der Waals surface area contributed by atoms with Crippen LogP contribution in [0.25, 0.3) is 0 Å². The number of aliphatic carboxylic acids is 1. The molecule has 1 saturated heterocycles. The summed E-state index contributed by atoms with van der Waals surface area (Å²) in [6, 6.07) is -0.795. The van der Waals surface area contributed by atoms with Gasteiger partial charge in [0.25, 0.3) is 5.91 Å². The van der Waals surface area contributed by atoms with E-state index in [1.165, 1.54) is 12.2 Å². The van der Waals surface area contributed by atoms with Crippen LogP contribution in [0.3, 0.4) is 0 Å². The third-order valence-electron chi connectivity index (χ3n) is 14.0. The van der Waals surface area contributed by atoms with Gasteiger partial charge in [-0.05, 0) is 215 Å². The minimum atomic E-state index is -0.700. The fourth-order valence-corrected chi connectivity index (χ4v) is 9.76. The van der Waals surface area contributed by atoms with E-state index in [4.69, 9.17) is 28.9 Å². The molecule has 7 N–H and O–H groups in total. The van der Waals surface area contributed by atoms with E-state index in [1.54, 1.807) is 7.05 Å². The second-order valence-electron chi connectivity index (χ2n) is 25.5. The van der Waals surface area contributed by atoms with Crippen molar-refractivity contribution in [2.75, 3.05) is 40.3 Å². The number of aldehydes is 1. The lowest BCUT2D eigenvalue weighted by Crippen LogP contribution is -2.40. The molecule has 4 saturated carbocycles. The van der Waals surface area contributed by atoms with Crippen molar-refractivity contribution in [3.63, 3.8) is 0 Å². The predicted octanol–water partition coefficient (Wildman–Crippen LogP) is 8.78. The highest BCUT2D eigenvalue weighted by Crippen LogP contribution is 2.33. The van der Waals surface area contributed by atoms with Gasteiger partial charge in [0.15, 0.2) is 0 Å². The van der Waals surface area contributed by atoms with Gasteiger partial charge >= 0.3 is 36.4 Å². The molecule has 0 aromatic carbocycles. The van der Waals surface area contributed by atoms with Gasteiger partial charge in [0.2, 0.25) is 5.91 Å². The molecule has 78 heavy (non-hydrogen) atoms. The molecule has 4 aliphatic carbocycles. The molecule has 5 fully saturated rings. The van der Waals surface area contributed by atoms with Crippen molar-refractivity contribution in [2.24, 2.45) is 47.3 Å². The summed E-state index contributed by atoms with van der Waals surface area (Å²) >= 11 is 0. The number of alkyl carbamates (subject to hydrolysis) is 4. The van der Waals surface area contributed by atoms with Crippen LogP contribution in [0.2, 0.25) is 0 Å². The Morgan fingerprint density at radius 3 is 1.10 bits per heavy atom. The predicted molar refractivity (Wildman–Crippen MR) is 293 cm³/mol. The topological polar surface area (TPSA) is 295 Å². The number of urea groups is 1. The Labute approximate surface area is 464 Å². The molecule has 1 heterocycles. The van der Waals surface area contributed by atoms with Crippen LogP contribution in [-0.2, 0) is 43.0 Å². The molecule has 8 amide bonds. The molecule has 0 radical (unpaired) electrons.